The maximum atomic E-state index is 2.61. The standard InChI is InChI=1S/C17H32N2/c1-4-5-10-16-13-12-15-9-7-6-8-11-17(15)19(3)14-18(16)2/h12-13,15-17H,4-11,14H2,1-3H3/b13-12+. The minimum atomic E-state index is 0.645. The number of unbranched alkanes of at least 4 members (excludes halogenated alkanes) is 1. The highest BCUT2D eigenvalue weighted by atomic mass is 15.3. The van der Waals surface area contributed by atoms with Gasteiger partial charge in [0.1, 0.15) is 0 Å². The molecule has 0 aromatic rings. The van der Waals surface area contributed by atoms with Crippen molar-refractivity contribution in [1.82, 2.24) is 9.80 Å². The zero-order valence-corrected chi connectivity index (χ0v) is 13.1. The summed E-state index contributed by atoms with van der Waals surface area (Å²) in [6, 6.07) is 1.42. The van der Waals surface area contributed by atoms with Crippen LogP contribution in [0, 0.1) is 5.92 Å². The third-order valence-electron chi connectivity index (χ3n) is 5.04. The molecule has 2 heteroatoms. The lowest BCUT2D eigenvalue weighted by molar-refractivity contribution is 0.0861. The van der Waals surface area contributed by atoms with Crippen LogP contribution in [0.4, 0.5) is 0 Å². The molecular formula is C17H32N2. The van der Waals surface area contributed by atoms with Crippen LogP contribution >= 0.6 is 0 Å². The summed E-state index contributed by atoms with van der Waals surface area (Å²) in [7, 11) is 4.62. The van der Waals surface area contributed by atoms with Crippen molar-refractivity contribution in [2.75, 3.05) is 20.8 Å². The Balaban J connectivity index is 2.08. The van der Waals surface area contributed by atoms with E-state index in [1.165, 1.54) is 51.4 Å². The van der Waals surface area contributed by atoms with Crippen LogP contribution in [0.2, 0.25) is 0 Å². The minimum absolute atomic E-state index is 0.645. The Hall–Kier alpha value is -0.340. The van der Waals surface area contributed by atoms with Crippen LogP contribution in [0.15, 0.2) is 12.2 Å². The number of hydrogen-bond donors (Lipinski definition) is 0. The quantitative estimate of drug-likeness (QED) is 0.714. The van der Waals surface area contributed by atoms with Gasteiger partial charge in [0, 0.05) is 12.1 Å². The van der Waals surface area contributed by atoms with Gasteiger partial charge in [-0.15, -0.1) is 0 Å². The summed E-state index contributed by atoms with van der Waals surface area (Å²) in [5.74, 6) is 0.797. The van der Waals surface area contributed by atoms with Gasteiger partial charge in [0.2, 0.25) is 0 Å². The summed E-state index contributed by atoms with van der Waals surface area (Å²) < 4.78 is 0. The van der Waals surface area contributed by atoms with Gasteiger partial charge < -0.3 is 0 Å². The second-order valence-electron chi connectivity index (χ2n) is 6.62. The number of nitrogens with zero attached hydrogens (tertiary/aromatic N) is 2. The Labute approximate surface area is 119 Å². The molecule has 1 saturated carbocycles. The van der Waals surface area contributed by atoms with Crippen LogP contribution < -0.4 is 0 Å². The lowest BCUT2D eigenvalue weighted by Crippen LogP contribution is -2.47. The second-order valence-corrected chi connectivity index (χ2v) is 6.62. The molecule has 0 spiro atoms. The Morgan fingerprint density at radius 1 is 1.00 bits per heavy atom. The van der Waals surface area contributed by atoms with Crippen LogP contribution in [0.5, 0.6) is 0 Å². The van der Waals surface area contributed by atoms with Gasteiger partial charge in [0.05, 0.1) is 6.67 Å². The van der Waals surface area contributed by atoms with Crippen LogP contribution in [0.1, 0.15) is 58.3 Å². The molecule has 2 nitrogen and oxygen atoms in total. The fraction of sp³-hybridized carbons (Fsp3) is 0.882. The number of fused-ring (bicyclic) bond motifs is 1. The van der Waals surface area contributed by atoms with Gasteiger partial charge >= 0.3 is 0 Å². The molecule has 0 aromatic carbocycles. The van der Waals surface area contributed by atoms with Crippen LogP contribution in [0.3, 0.4) is 0 Å². The molecular weight excluding hydrogens is 232 g/mol. The van der Waals surface area contributed by atoms with E-state index in [0.717, 1.165) is 18.6 Å². The van der Waals surface area contributed by atoms with Gasteiger partial charge in [-0.2, -0.15) is 0 Å². The molecule has 1 aliphatic heterocycles. The molecule has 0 aromatic heterocycles. The molecule has 2 rings (SSSR count). The first-order valence-corrected chi connectivity index (χ1v) is 8.31. The van der Waals surface area contributed by atoms with E-state index in [-0.39, 0.29) is 0 Å². The molecule has 1 aliphatic carbocycles. The molecule has 0 radical (unpaired) electrons. The molecule has 0 bridgehead atoms. The molecule has 1 heterocycles. The van der Waals surface area contributed by atoms with E-state index < -0.39 is 0 Å². The van der Waals surface area contributed by atoms with Crippen molar-refractivity contribution >= 4 is 0 Å². The SMILES string of the molecule is CCCCC1/C=C/C2CCCCCC2N(C)CN1C. The summed E-state index contributed by atoms with van der Waals surface area (Å²) in [5, 5.41) is 0. The summed E-state index contributed by atoms with van der Waals surface area (Å²) >= 11 is 0. The smallest absolute Gasteiger partial charge is 0.0508 e. The van der Waals surface area contributed by atoms with E-state index in [1.54, 1.807) is 0 Å². The number of likely N-dealkylation sites (N-methyl/N-ethyl adjacent to an activating group) is 1. The van der Waals surface area contributed by atoms with E-state index in [9.17, 15) is 0 Å². The maximum Gasteiger partial charge on any atom is 0.0508 e. The predicted molar refractivity (Wildman–Crippen MR) is 83.2 cm³/mol. The van der Waals surface area contributed by atoms with Crippen molar-refractivity contribution in [2.45, 2.75) is 70.4 Å². The largest absolute Gasteiger partial charge is 0.290 e. The zero-order chi connectivity index (χ0) is 13.7. The molecule has 3 unspecified atom stereocenters. The van der Waals surface area contributed by atoms with Gasteiger partial charge in [-0.05, 0) is 39.3 Å². The van der Waals surface area contributed by atoms with Gasteiger partial charge in [-0.1, -0.05) is 51.2 Å². The van der Waals surface area contributed by atoms with E-state index in [2.05, 4.69) is 43.0 Å². The average Bonchev–Trinajstić information content (AvgIpc) is 2.62. The van der Waals surface area contributed by atoms with Crippen molar-refractivity contribution < 1.29 is 0 Å². The lowest BCUT2D eigenvalue weighted by atomic mass is 9.91. The first-order chi connectivity index (χ1) is 9.22. The molecule has 110 valence electrons. The fourth-order valence-electron chi connectivity index (χ4n) is 3.80. The van der Waals surface area contributed by atoms with Crippen molar-refractivity contribution in [2.24, 2.45) is 5.92 Å². The van der Waals surface area contributed by atoms with Crippen molar-refractivity contribution in [3.8, 4) is 0 Å². The van der Waals surface area contributed by atoms with Crippen LogP contribution in [-0.2, 0) is 0 Å². The molecule has 19 heavy (non-hydrogen) atoms. The highest BCUT2D eigenvalue weighted by Crippen LogP contribution is 2.30. The van der Waals surface area contributed by atoms with E-state index in [0.29, 0.717) is 6.04 Å². The lowest BCUT2D eigenvalue weighted by Gasteiger charge is -2.39. The van der Waals surface area contributed by atoms with Crippen LogP contribution in [-0.4, -0.2) is 42.6 Å². The number of hydrogen-bond acceptors (Lipinski definition) is 2. The van der Waals surface area contributed by atoms with E-state index >= 15 is 0 Å². The number of rotatable bonds is 3. The third kappa shape index (κ3) is 4.06. The molecule has 2 aliphatic rings. The summed E-state index contributed by atoms with van der Waals surface area (Å²) in [4.78, 5) is 5.14. The highest BCUT2D eigenvalue weighted by molar-refractivity contribution is 5.03. The Morgan fingerprint density at radius 3 is 2.58 bits per heavy atom. The molecule has 0 amide bonds. The minimum Gasteiger partial charge on any atom is -0.290 e. The van der Waals surface area contributed by atoms with Crippen molar-refractivity contribution in [3.05, 3.63) is 12.2 Å². The highest BCUT2D eigenvalue weighted by Gasteiger charge is 2.28. The van der Waals surface area contributed by atoms with Crippen LogP contribution in [0.25, 0.3) is 0 Å². The molecule has 3 atom stereocenters. The topological polar surface area (TPSA) is 6.48 Å². The van der Waals surface area contributed by atoms with Gasteiger partial charge in [0.15, 0.2) is 0 Å². The average molecular weight is 264 g/mol. The summed E-state index contributed by atoms with van der Waals surface area (Å²) in [6.07, 6.45) is 16.1. The maximum absolute atomic E-state index is 2.61. The predicted octanol–water partition coefficient (Wildman–Crippen LogP) is 3.89. The Bertz CT molecular complexity index is 287. The van der Waals surface area contributed by atoms with Gasteiger partial charge in [0.25, 0.3) is 0 Å². The molecule has 1 fully saturated rings. The summed E-state index contributed by atoms with van der Waals surface area (Å²) in [5.41, 5.74) is 0. The normalized spacial score (nSPS) is 36.1. The van der Waals surface area contributed by atoms with E-state index in [4.69, 9.17) is 0 Å². The monoisotopic (exact) mass is 264 g/mol. The Kier molecular flexibility index (Phi) is 5.90. The van der Waals surface area contributed by atoms with Crippen molar-refractivity contribution in [1.29, 1.82) is 0 Å². The van der Waals surface area contributed by atoms with E-state index in [1.807, 2.05) is 0 Å². The first kappa shape index (κ1) is 15.1. The second kappa shape index (κ2) is 7.44. The molecule has 0 saturated heterocycles. The fourth-order valence-corrected chi connectivity index (χ4v) is 3.80. The molecule has 0 N–H and O–H groups in total. The third-order valence-corrected chi connectivity index (χ3v) is 5.04. The summed E-state index contributed by atoms with van der Waals surface area (Å²) in [6.45, 7) is 3.42. The zero-order valence-electron chi connectivity index (χ0n) is 13.1. The van der Waals surface area contributed by atoms with Gasteiger partial charge in [-0.25, -0.2) is 0 Å². The Morgan fingerprint density at radius 2 is 1.79 bits per heavy atom. The first-order valence-electron chi connectivity index (χ1n) is 8.31. The van der Waals surface area contributed by atoms with Crippen molar-refractivity contribution in [3.63, 3.8) is 0 Å². The van der Waals surface area contributed by atoms with Gasteiger partial charge in [-0.3, -0.25) is 9.80 Å².